The minimum atomic E-state index is 0.601. The maximum Gasteiger partial charge on any atom is 0.191 e. The summed E-state index contributed by atoms with van der Waals surface area (Å²) < 4.78 is 5.32. The molecule has 2 N–H and O–H groups in total. The molecule has 2 unspecified atom stereocenters. The van der Waals surface area contributed by atoms with Crippen LogP contribution in [0, 0.1) is 5.92 Å². The third kappa shape index (κ3) is 5.19. The first-order chi connectivity index (χ1) is 9.29. The van der Waals surface area contributed by atoms with E-state index in [4.69, 9.17) is 4.42 Å². The molecule has 0 spiro atoms. The van der Waals surface area contributed by atoms with Gasteiger partial charge >= 0.3 is 0 Å². The Balaban J connectivity index is 1.73. The fourth-order valence-corrected chi connectivity index (χ4v) is 2.13. The fourth-order valence-electron chi connectivity index (χ4n) is 1.86. The van der Waals surface area contributed by atoms with E-state index < -0.39 is 0 Å². The zero-order chi connectivity index (χ0) is 13.5. The Morgan fingerprint density at radius 2 is 2.42 bits per heavy atom. The van der Waals surface area contributed by atoms with Gasteiger partial charge in [0.2, 0.25) is 0 Å². The molecule has 2 rings (SSSR count). The van der Waals surface area contributed by atoms with E-state index in [2.05, 4.69) is 28.8 Å². The number of aliphatic imine (C=N–C) groups is 1. The predicted molar refractivity (Wildman–Crippen MR) is 81.8 cm³/mol. The Morgan fingerprint density at radius 1 is 1.58 bits per heavy atom. The summed E-state index contributed by atoms with van der Waals surface area (Å²) in [5.74, 6) is 3.79. The minimum Gasteiger partial charge on any atom is -0.469 e. The molecule has 1 aliphatic carbocycles. The van der Waals surface area contributed by atoms with Gasteiger partial charge < -0.3 is 15.1 Å². The molecular weight excluding hydrogens is 258 g/mol. The van der Waals surface area contributed by atoms with Gasteiger partial charge in [0.05, 0.1) is 12.8 Å². The average molecular weight is 281 g/mol. The van der Waals surface area contributed by atoms with Crippen molar-refractivity contribution in [2.24, 2.45) is 10.9 Å². The van der Waals surface area contributed by atoms with Gasteiger partial charge in [-0.3, -0.25) is 4.99 Å². The van der Waals surface area contributed by atoms with Crippen LogP contribution in [0.1, 0.15) is 19.1 Å². The zero-order valence-corrected chi connectivity index (χ0v) is 12.5. The highest BCUT2D eigenvalue weighted by Crippen LogP contribution is 2.28. The lowest BCUT2D eigenvalue weighted by atomic mass is 10.3. The number of nitrogens with zero attached hydrogens (tertiary/aromatic N) is 1. The smallest absolute Gasteiger partial charge is 0.191 e. The first kappa shape index (κ1) is 14.3. The van der Waals surface area contributed by atoms with Crippen molar-refractivity contribution in [2.45, 2.75) is 25.8 Å². The number of furan rings is 1. The average Bonchev–Trinajstić information content (AvgIpc) is 2.90. The van der Waals surface area contributed by atoms with Gasteiger partial charge in [-0.2, -0.15) is 11.8 Å². The lowest BCUT2D eigenvalue weighted by Crippen LogP contribution is -2.40. The van der Waals surface area contributed by atoms with E-state index in [-0.39, 0.29) is 0 Å². The molecule has 4 nitrogen and oxygen atoms in total. The Hall–Kier alpha value is -1.10. The second-order valence-electron chi connectivity index (χ2n) is 4.94. The Morgan fingerprint density at radius 3 is 3.05 bits per heavy atom. The second-order valence-corrected chi connectivity index (χ2v) is 5.93. The molecule has 0 radical (unpaired) electrons. The highest BCUT2D eigenvalue weighted by Gasteiger charge is 2.33. The van der Waals surface area contributed by atoms with Crippen molar-refractivity contribution in [3.63, 3.8) is 0 Å². The van der Waals surface area contributed by atoms with Crippen LogP contribution in [0.2, 0.25) is 0 Å². The summed E-state index contributed by atoms with van der Waals surface area (Å²) in [5.41, 5.74) is 0. The van der Waals surface area contributed by atoms with Gasteiger partial charge in [-0.25, -0.2) is 0 Å². The molecule has 106 valence electrons. The molecule has 0 aliphatic heterocycles. The number of guanidine groups is 1. The van der Waals surface area contributed by atoms with Gasteiger partial charge in [0.15, 0.2) is 5.96 Å². The SMILES string of the molecule is CSCCN=C(NCCc1ccco1)NC1CC1C. The molecule has 1 heterocycles. The molecule has 2 atom stereocenters. The van der Waals surface area contributed by atoms with E-state index in [0.717, 1.165) is 42.9 Å². The third-order valence-electron chi connectivity index (χ3n) is 3.24. The normalized spacial score (nSPS) is 22.3. The summed E-state index contributed by atoms with van der Waals surface area (Å²) in [6, 6.07) is 4.53. The van der Waals surface area contributed by atoms with E-state index in [0.29, 0.717) is 6.04 Å². The molecule has 5 heteroatoms. The van der Waals surface area contributed by atoms with Gasteiger partial charge in [0, 0.05) is 24.8 Å². The van der Waals surface area contributed by atoms with E-state index >= 15 is 0 Å². The standard InChI is InChI=1S/C14H23N3OS/c1-11-10-13(11)17-14(16-7-9-19-2)15-6-5-12-4-3-8-18-12/h3-4,8,11,13H,5-7,9-10H2,1-2H3,(H2,15,16,17). The van der Waals surface area contributed by atoms with Crippen molar-refractivity contribution in [3.8, 4) is 0 Å². The highest BCUT2D eigenvalue weighted by molar-refractivity contribution is 7.98. The maximum absolute atomic E-state index is 5.32. The van der Waals surface area contributed by atoms with Crippen LogP contribution in [0.4, 0.5) is 0 Å². The molecule has 1 saturated carbocycles. The summed E-state index contributed by atoms with van der Waals surface area (Å²) in [5, 5.41) is 6.86. The van der Waals surface area contributed by atoms with E-state index in [1.807, 2.05) is 23.9 Å². The van der Waals surface area contributed by atoms with Gasteiger partial charge in [-0.1, -0.05) is 6.92 Å². The van der Waals surface area contributed by atoms with Crippen LogP contribution in [0.3, 0.4) is 0 Å². The monoisotopic (exact) mass is 281 g/mol. The first-order valence-electron chi connectivity index (χ1n) is 6.85. The summed E-state index contributed by atoms with van der Waals surface area (Å²) >= 11 is 1.82. The van der Waals surface area contributed by atoms with E-state index in [1.54, 1.807) is 6.26 Å². The topological polar surface area (TPSA) is 49.6 Å². The van der Waals surface area contributed by atoms with Crippen LogP contribution in [0.5, 0.6) is 0 Å². The van der Waals surface area contributed by atoms with Gasteiger partial charge in [-0.05, 0) is 30.7 Å². The molecule has 0 amide bonds. The van der Waals surface area contributed by atoms with Crippen molar-refractivity contribution in [1.82, 2.24) is 10.6 Å². The molecule has 1 aliphatic rings. The largest absolute Gasteiger partial charge is 0.469 e. The lowest BCUT2D eigenvalue weighted by molar-refractivity contribution is 0.506. The second kappa shape index (κ2) is 7.48. The van der Waals surface area contributed by atoms with Crippen molar-refractivity contribution in [1.29, 1.82) is 0 Å². The van der Waals surface area contributed by atoms with Crippen molar-refractivity contribution < 1.29 is 4.42 Å². The van der Waals surface area contributed by atoms with Crippen LogP contribution in [-0.2, 0) is 6.42 Å². The van der Waals surface area contributed by atoms with Crippen LogP contribution >= 0.6 is 11.8 Å². The number of hydrogen-bond donors (Lipinski definition) is 2. The van der Waals surface area contributed by atoms with Crippen molar-refractivity contribution >= 4 is 17.7 Å². The van der Waals surface area contributed by atoms with Gasteiger partial charge in [-0.15, -0.1) is 0 Å². The summed E-state index contributed by atoms with van der Waals surface area (Å²) in [7, 11) is 0. The summed E-state index contributed by atoms with van der Waals surface area (Å²) in [6.07, 6.45) is 5.96. The first-order valence-corrected chi connectivity index (χ1v) is 8.25. The molecule has 1 fully saturated rings. The van der Waals surface area contributed by atoms with Gasteiger partial charge in [0.25, 0.3) is 0 Å². The Labute approximate surface area is 119 Å². The number of rotatable bonds is 7. The zero-order valence-electron chi connectivity index (χ0n) is 11.7. The number of hydrogen-bond acceptors (Lipinski definition) is 3. The highest BCUT2D eigenvalue weighted by atomic mass is 32.2. The molecule has 0 aromatic carbocycles. The molecule has 19 heavy (non-hydrogen) atoms. The number of thioether (sulfide) groups is 1. The number of nitrogens with one attached hydrogen (secondary N) is 2. The fraction of sp³-hybridized carbons (Fsp3) is 0.643. The molecule has 0 bridgehead atoms. The van der Waals surface area contributed by atoms with E-state index in [9.17, 15) is 0 Å². The molecular formula is C14H23N3OS. The summed E-state index contributed by atoms with van der Waals surface area (Å²) in [4.78, 5) is 4.59. The van der Waals surface area contributed by atoms with Crippen molar-refractivity contribution in [3.05, 3.63) is 24.2 Å². The minimum absolute atomic E-state index is 0.601. The maximum atomic E-state index is 5.32. The van der Waals surface area contributed by atoms with Crippen LogP contribution < -0.4 is 10.6 Å². The van der Waals surface area contributed by atoms with Crippen LogP contribution in [0.15, 0.2) is 27.8 Å². The third-order valence-corrected chi connectivity index (χ3v) is 3.83. The summed E-state index contributed by atoms with van der Waals surface area (Å²) in [6.45, 7) is 3.97. The van der Waals surface area contributed by atoms with E-state index in [1.165, 1.54) is 6.42 Å². The van der Waals surface area contributed by atoms with Crippen LogP contribution in [-0.4, -0.2) is 37.1 Å². The van der Waals surface area contributed by atoms with Crippen molar-refractivity contribution in [2.75, 3.05) is 25.1 Å². The molecule has 1 aromatic rings. The lowest BCUT2D eigenvalue weighted by Gasteiger charge is -2.11. The van der Waals surface area contributed by atoms with Gasteiger partial charge in [0.1, 0.15) is 5.76 Å². The molecule has 1 aromatic heterocycles. The Kier molecular flexibility index (Phi) is 5.63. The Bertz CT molecular complexity index is 391. The molecule has 0 saturated heterocycles. The quantitative estimate of drug-likeness (QED) is 0.457. The predicted octanol–water partition coefficient (Wildman–Crippen LogP) is 2.13. The van der Waals surface area contributed by atoms with Crippen LogP contribution in [0.25, 0.3) is 0 Å².